The molecule has 0 spiro atoms. The van der Waals surface area contributed by atoms with E-state index in [1.165, 1.54) is 37.7 Å². The summed E-state index contributed by atoms with van der Waals surface area (Å²) in [5.74, 6) is 1.04. The van der Waals surface area contributed by atoms with Gasteiger partial charge < -0.3 is 10.1 Å². The lowest BCUT2D eigenvalue weighted by Crippen LogP contribution is -2.37. The van der Waals surface area contributed by atoms with Crippen molar-refractivity contribution in [2.45, 2.75) is 90.1 Å². The number of anilines is 1. The average Bonchev–Trinajstić information content (AvgIpc) is 2.90. The molecule has 0 unspecified atom stereocenters. The van der Waals surface area contributed by atoms with Crippen molar-refractivity contribution < 1.29 is 13.2 Å². The molecule has 7 nitrogen and oxygen atoms in total. The van der Waals surface area contributed by atoms with Crippen molar-refractivity contribution in [1.29, 1.82) is 0 Å². The molecule has 1 aliphatic carbocycles. The minimum absolute atomic E-state index is 0.0179. The second kappa shape index (κ2) is 11.9. The van der Waals surface area contributed by atoms with Crippen LogP contribution in [0.2, 0.25) is 0 Å². The Morgan fingerprint density at radius 2 is 1.77 bits per heavy atom. The second-order valence-corrected chi connectivity index (χ2v) is 14.3. The van der Waals surface area contributed by atoms with Crippen molar-refractivity contribution >= 4 is 16.0 Å². The van der Waals surface area contributed by atoms with Gasteiger partial charge in [0.25, 0.3) is 10.0 Å². The third-order valence-corrected chi connectivity index (χ3v) is 9.20. The van der Waals surface area contributed by atoms with Gasteiger partial charge in [-0.2, -0.15) is 4.98 Å². The maximum absolute atomic E-state index is 13.4. The molecule has 214 valence electrons. The number of benzene rings is 2. The van der Waals surface area contributed by atoms with Crippen molar-refractivity contribution in [2.24, 2.45) is 11.3 Å². The van der Waals surface area contributed by atoms with Crippen LogP contribution in [0.25, 0.3) is 11.3 Å². The highest BCUT2D eigenvalue weighted by Crippen LogP contribution is 2.34. The molecule has 0 radical (unpaired) electrons. The summed E-state index contributed by atoms with van der Waals surface area (Å²) in [6.45, 7) is 9.65. The first-order chi connectivity index (χ1) is 19.1. The van der Waals surface area contributed by atoms with Gasteiger partial charge in [-0.1, -0.05) is 83.2 Å². The predicted molar refractivity (Wildman–Crippen MR) is 160 cm³/mol. The number of sulfonamides is 1. The van der Waals surface area contributed by atoms with E-state index < -0.39 is 10.0 Å². The van der Waals surface area contributed by atoms with E-state index in [2.05, 4.69) is 60.9 Å². The van der Waals surface area contributed by atoms with Gasteiger partial charge in [0.1, 0.15) is 6.61 Å². The summed E-state index contributed by atoms with van der Waals surface area (Å²) >= 11 is 0. The largest absolute Gasteiger partial charge is 0.476 e. The molecule has 2 heterocycles. The molecule has 3 aromatic rings. The molecule has 1 atom stereocenters. The predicted octanol–water partition coefficient (Wildman–Crippen LogP) is 6.66. The van der Waals surface area contributed by atoms with Gasteiger partial charge in [0.2, 0.25) is 11.8 Å². The molecule has 1 aromatic heterocycles. The molecule has 0 saturated heterocycles. The lowest BCUT2D eigenvalue weighted by atomic mass is 9.83. The van der Waals surface area contributed by atoms with Crippen LogP contribution in [-0.4, -0.2) is 31.0 Å². The number of nitrogens with zero attached hydrogens (tertiary/aromatic N) is 2. The van der Waals surface area contributed by atoms with Crippen molar-refractivity contribution in [3.63, 3.8) is 0 Å². The van der Waals surface area contributed by atoms with Gasteiger partial charge in [-0.3, -0.25) is 0 Å². The van der Waals surface area contributed by atoms with Crippen molar-refractivity contribution in [2.75, 3.05) is 11.3 Å². The minimum atomic E-state index is -3.90. The van der Waals surface area contributed by atoms with Crippen LogP contribution < -0.4 is 14.8 Å². The van der Waals surface area contributed by atoms with Gasteiger partial charge in [-0.15, -0.1) is 0 Å². The Hall–Kier alpha value is -2.97. The van der Waals surface area contributed by atoms with Gasteiger partial charge in [0.05, 0.1) is 10.6 Å². The molecule has 1 saturated carbocycles. The standard InChI is InChI=1S/C32H42N4O3S/c1-22-10-8-14-25(16-23-11-6-5-7-12-23)30(22)28-18-29-35-31(34-28)36-40(37,38)27-15-9-13-24(17-27)20-33-26(21-39-29)19-32(2,3)4/h8-10,13-15,17-18,23,26,33H,5-7,11-12,16,19-21H2,1-4H3,(H,34,35,36)/t26-/m1/s1. The first-order valence-electron chi connectivity index (χ1n) is 14.5. The molecule has 4 bridgehead atoms. The van der Waals surface area contributed by atoms with E-state index in [0.717, 1.165) is 29.5 Å². The molecule has 40 heavy (non-hydrogen) atoms. The third-order valence-electron chi connectivity index (χ3n) is 7.87. The highest BCUT2D eigenvalue weighted by Gasteiger charge is 2.24. The van der Waals surface area contributed by atoms with Gasteiger partial charge in [-0.25, -0.2) is 18.1 Å². The van der Waals surface area contributed by atoms with E-state index in [4.69, 9.17) is 9.72 Å². The molecule has 2 aromatic carbocycles. The third kappa shape index (κ3) is 7.21. The van der Waals surface area contributed by atoms with Crippen LogP contribution in [0.4, 0.5) is 5.95 Å². The summed E-state index contributed by atoms with van der Waals surface area (Å²) in [7, 11) is -3.90. The fraction of sp³-hybridized carbons (Fsp3) is 0.500. The number of ether oxygens (including phenoxy) is 1. The average molecular weight is 563 g/mol. The van der Waals surface area contributed by atoms with Gasteiger partial charge in [0.15, 0.2) is 0 Å². The molecular formula is C32H42N4O3S. The summed E-state index contributed by atoms with van der Waals surface area (Å²) in [5.41, 5.74) is 5.03. The summed E-state index contributed by atoms with van der Waals surface area (Å²) < 4.78 is 35.8. The molecule has 0 amide bonds. The van der Waals surface area contributed by atoms with E-state index in [1.807, 2.05) is 12.1 Å². The van der Waals surface area contributed by atoms with Crippen LogP contribution in [0, 0.1) is 18.3 Å². The van der Waals surface area contributed by atoms with E-state index in [9.17, 15) is 8.42 Å². The Kier molecular flexibility index (Phi) is 8.47. The molecule has 1 fully saturated rings. The highest BCUT2D eigenvalue weighted by atomic mass is 32.2. The van der Waals surface area contributed by atoms with Crippen LogP contribution in [0.5, 0.6) is 5.88 Å². The lowest BCUT2D eigenvalue weighted by molar-refractivity contribution is 0.208. The van der Waals surface area contributed by atoms with E-state index >= 15 is 0 Å². The van der Waals surface area contributed by atoms with Crippen LogP contribution in [-0.2, 0) is 23.0 Å². The number of hydrogen-bond donors (Lipinski definition) is 2. The van der Waals surface area contributed by atoms with Crippen molar-refractivity contribution in [1.82, 2.24) is 15.3 Å². The van der Waals surface area contributed by atoms with Crippen molar-refractivity contribution in [3.8, 4) is 17.1 Å². The van der Waals surface area contributed by atoms with Gasteiger partial charge in [-0.05, 0) is 59.9 Å². The second-order valence-electron chi connectivity index (χ2n) is 12.6. The van der Waals surface area contributed by atoms with Crippen LogP contribution in [0.3, 0.4) is 0 Å². The Balaban J connectivity index is 1.57. The highest BCUT2D eigenvalue weighted by molar-refractivity contribution is 7.92. The Bertz CT molecular complexity index is 1440. The summed E-state index contributed by atoms with van der Waals surface area (Å²) in [5, 5.41) is 3.58. The SMILES string of the molecule is Cc1cccc(CC2CCCCC2)c1-c1cc2nc(n1)NS(=O)(=O)c1cccc(c1)CN[C@H](CC(C)(C)C)CO2. The lowest BCUT2D eigenvalue weighted by Gasteiger charge is -2.27. The summed E-state index contributed by atoms with van der Waals surface area (Å²) in [6, 6.07) is 15.3. The number of rotatable bonds is 4. The summed E-state index contributed by atoms with van der Waals surface area (Å²) in [4.78, 5) is 9.45. The number of aryl methyl sites for hydroxylation is 1. The zero-order chi connectivity index (χ0) is 28.3. The monoisotopic (exact) mass is 562 g/mol. The quantitative estimate of drug-likeness (QED) is 0.369. The minimum Gasteiger partial charge on any atom is -0.476 e. The number of nitrogens with one attached hydrogen (secondary N) is 2. The molecule has 1 aliphatic heterocycles. The van der Waals surface area contributed by atoms with Gasteiger partial charge >= 0.3 is 0 Å². The first kappa shape index (κ1) is 28.6. The fourth-order valence-electron chi connectivity index (χ4n) is 6.02. The zero-order valence-corrected chi connectivity index (χ0v) is 25.0. The number of fused-ring (bicyclic) bond motifs is 4. The van der Waals surface area contributed by atoms with Crippen LogP contribution >= 0.6 is 0 Å². The Labute approximate surface area is 239 Å². The molecule has 8 heteroatoms. The van der Waals surface area contributed by atoms with Crippen molar-refractivity contribution in [3.05, 3.63) is 65.2 Å². The first-order valence-corrected chi connectivity index (χ1v) is 16.0. The molecule has 5 rings (SSSR count). The number of hydrogen-bond acceptors (Lipinski definition) is 6. The van der Waals surface area contributed by atoms with E-state index in [-0.39, 0.29) is 22.3 Å². The molecule has 2 N–H and O–H groups in total. The Morgan fingerprint density at radius 3 is 2.55 bits per heavy atom. The maximum atomic E-state index is 13.4. The topological polar surface area (TPSA) is 93.2 Å². The normalized spacial score (nSPS) is 19.9. The molecule has 2 aliphatic rings. The van der Waals surface area contributed by atoms with Gasteiger partial charge in [0, 0.05) is 24.2 Å². The fourth-order valence-corrected chi connectivity index (χ4v) is 7.03. The summed E-state index contributed by atoms with van der Waals surface area (Å²) in [6.07, 6.45) is 8.26. The number of aromatic nitrogens is 2. The van der Waals surface area contributed by atoms with Crippen LogP contribution in [0.15, 0.2) is 53.4 Å². The smallest absolute Gasteiger partial charge is 0.264 e. The maximum Gasteiger partial charge on any atom is 0.264 e. The molecular weight excluding hydrogens is 520 g/mol. The van der Waals surface area contributed by atoms with Crippen LogP contribution in [0.1, 0.15) is 76.0 Å². The van der Waals surface area contributed by atoms with E-state index in [0.29, 0.717) is 30.6 Å². The zero-order valence-electron chi connectivity index (χ0n) is 24.2. The van der Waals surface area contributed by atoms with E-state index in [1.54, 1.807) is 18.2 Å². The Morgan fingerprint density at radius 1 is 1.00 bits per heavy atom.